The highest BCUT2D eigenvalue weighted by Crippen LogP contribution is 2.37. The smallest absolute Gasteiger partial charge is 0.403 e. The fourth-order valence-corrected chi connectivity index (χ4v) is 2.41. The van der Waals surface area contributed by atoms with E-state index in [0.717, 1.165) is 11.8 Å². The topological polar surface area (TPSA) is 84.3 Å². The summed E-state index contributed by atoms with van der Waals surface area (Å²) >= 11 is 0. The summed E-state index contributed by atoms with van der Waals surface area (Å²) < 4.78 is 11.9. The van der Waals surface area contributed by atoms with E-state index in [4.69, 9.17) is 14.8 Å². The van der Waals surface area contributed by atoms with E-state index in [1.54, 1.807) is 19.1 Å². The van der Waals surface area contributed by atoms with Gasteiger partial charge >= 0.3 is 7.12 Å². The van der Waals surface area contributed by atoms with Crippen LogP contribution in [0.2, 0.25) is 0 Å². The number of carbonyl (C=O) groups is 1. The summed E-state index contributed by atoms with van der Waals surface area (Å²) in [5.74, 6) is 0. The number of rotatable bonds is 4. The molecule has 0 atom stereocenters. The number of benzene rings is 1. The molecule has 0 aromatic heterocycles. The van der Waals surface area contributed by atoms with Crippen molar-refractivity contribution in [3.05, 3.63) is 39.3 Å². The second-order valence-electron chi connectivity index (χ2n) is 6.53. The Morgan fingerprint density at radius 1 is 1.27 bits per heavy atom. The summed E-state index contributed by atoms with van der Waals surface area (Å²) in [6, 6.07) is 3.55. The molecule has 0 bridgehead atoms. The van der Waals surface area contributed by atoms with Crippen molar-refractivity contribution >= 4 is 19.1 Å². The first-order valence-electron chi connectivity index (χ1n) is 7.19. The van der Waals surface area contributed by atoms with Crippen molar-refractivity contribution in [2.24, 2.45) is 5.11 Å². The Hall–Kier alpha value is -1.82. The average Bonchev–Trinajstić information content (AvgIpc) is 2.61. The average molecular weight is 301 g/mol. The molecule has 2 rings (SSSR count). The van der Waals surface area contributed by atoms with Crippen LogP contribution in [0.25, 0.3) is 10.4 Å². The molecule has 1 fully saturated rings. The molecular formula is C15H20BN3O3. The largest absolute Gasteiger partial charge is 0.462 e. The Bertz CT molecular complexity index is 636. The van der Waals surface area contributed by atoms with E-state index in [1.807, 2.05) is 27.7 Å². The lowest BCUT2D eigenvalue weighted by molar-refractivity contribution is 0.00578. The van der Waals surface area contributed by atoms with E-state index in [9.17, 15) is 4.79 Å². The Labute approximate surface area is 130 Å². The Morgan fingerprint density at radius 2 is 1.86 bits per heavy atom. The van der Waals surface area contributed by atoms with Crippen LogP contribution in [0, 0.1) is 6.92 Å². The monoisotopic (exact) mass is 301 g/mol. The summed E-state index contributed by atoms with van der Waals surface area (Å²) in [4.78, 5) is 14.0. The van der Waals surface area contributed by atoms with Gasteiger partial charge in [-0.1, -0.05) is 5.11 Å². The van der Waals surface area contributed by atoms with Crippen molar-refractivity contribution in [2.75, 3.05) is 0 Å². The van der Waals surface area contributed by atoms with Crippen LogP contribution in [0.4, 0.5) is 5.69 Å². The van der Waals surface area contributed by atoms with Crippen LogP contribution >= 0.6 is 0 Å². The molecule has 1 heterocycles. The molecule has 1 saturated heterocycles. The normalized spacial score (nSPS) is 18.9. The van der Waals surface area contributed by atoms with Crippen molar-refractivity contribution < 1.29 is 14.1 Å². The van der Waals surface area contributed by atoms with Crippen molar-refractivity contribution in [2.45, 2.75) is 52.1 Å². The molecule has 0 amide bonds. The third kappa shape index (κ3) is 3.02. The quantitative estimate of drug-likeness (QED) is 0.278. The highest BCUT2D eigenvalue weighted by molar-refractivity contribution is 6.45. The SMILES string of the molecule is Cc1c(C=O)cc(CB2OC(C)(C)C(C)(C)O2)cc1N=[N+]=[N-]. The van der Waals surface area contributed by atoms with Gasteiger partial charge in [-0.3, -0.25) is 4.79 Å². The lowest BCUT2D eigenvalue weighted by Gasteiger charge is -2.32. The van der Waals surface area contributed by atoms with Crippen molar-refractivity contribution in [3.63, 3.8) is 0 Å². The number of aldehydes is 1. The molecule has 1 aliphatic rings. The molecule has 7 heteroatoms. The minimum absolute atomic E-state index is 0.397. The third-order valence-corrected chi connectivity index (χ3v) is 4.46. The first kappa shape index (κ1) is 16.6. The zero-order valence-corrected chi connectivity index (χ0v) is 13.6. The summed E-state index contributed by atoms with van der Waals surface area (Å²) in [5.41, 5.74) is 10.3. The molecule has 6 nitrogen and oxygen atoms in total. The minimum atomic E-state index is -0.399. The Kier molecular flexibility index (Phi) is 4.33. The Balaban J connectivity index is 2.29. The second-order valence-corrected chi connectivity index (χ2v) is 6.53. The maximum absolute atomic E-state index is 11.2. The molecule has 22 heavy (non-hydrogen) atoms. The van der Waals surface area contributed by atoms with Gasteiger partial charge in [0.1, 0.15) is 6.29 Å². The zero-order chi connectivity index (χ0) is 16.5. The van der Waals surface area contributed by atoms with Crippen molar-refractivity contribution in [3.8, 4) is 0 Å². The van der Waals surface area contributed by atoms with E-state index in [2.05, 4.69) is 10.0 Å². The summed E-state index contributed by atoms with van der Waals surface area (Å²) in [5, 5.41) is 3.65. The number of carbonyl (C=O) groups excluding carboxylic acids is 1. The van der Waals surface area contributed by atoms with Gasteiger partial charge in [0.25, 0.3) is 0 Å². The summed E-state index contributed by atoms with van der Waals surface area (Å²) in [6.45, 7) is 9.72. The molecule has 0 unspecified atom stereocenters. The van der Waals surface area contributed by atoms with E-state index in [1.165, 1.54) is 0 Å². The predicted molar refractivity (Wildman–Crippen MR) is 85.2 cm³/mol. The molecule has 0 aliphatic carbocycles. The zero-order valence-electron chi connectivity index (χ0n) is 13.6. The minimum Gasteiger partial charge on any atom is -0.403 e. The van der Waals surface area contributed by atoms with Crippen LogP contribution < -0.4 is 0 Å². The molecule has 116 valence electrons. The maximum atomic E-state index is 11.2. The standard InChI is InChI=1S/C15H20BN3O3/c1-10-12(9-20)6-11(7-13(10)18-19-17)8-16-21-14(2,3)15(4,5)22-16/h6-7,9H,8H2,1-5H3. The highest BCUT2D eigenvalue weighted by Gasteiger charge is 2.50. The fourth-order valence-electron chi connectivity index (χ4n) is 2.41. The lowest BCUT2D eigenvalue weighted by Crippen LogP contribution is -2.41. The first-order valence-corrected chi connectivity index (χ1v) is 7.19. The maximum Gasteiger partial charge on any atom is 0.462 e. The summed E-state index contributed by atoms with van der Waals surface area (Å²) in [6.07, 6.45) is 1.25. The third-order valence-electron chi connectivity index (χ3n) is 4.46. The molecule has 0 radical (unpaired) electrons. The summed E-state index contributed by atoms with van der Waals surface area (Å²) in [7, 11) is -0.397. The van der Waals surface area contributed by atoms with Gasteiger partial charge < -0.3 is 9.31 Å². The van der Waals surface area contributed by atoms with Gasteiger partial charge in [0.15, 0.2) is 0 Å². The van der Waals surface area contributed by atoms with Gasteiger partial charge in [-0.25, -0.2) is 0 Å². The molecule has 0 spiro atoms. The predicted octanol–water partition coefficient (Wildman–Crippen LogP) is 3.92. The lowest BCUT2D eigenvalue weighted by atomic mass is 9.80. The van der Waals surface area contributed by atoms with Gasteiger partial charge in [0.2, 0.25) is 0 Å². The van der Waals surface area contributed by atoms with Gasteiger partial charge in [-0.05, 0) is 63.4 Å². The fraction of sp³-hybridized carbons (Fsp3) is 0.533. The van der Waals surface area contributed by atoms with E-state index >= 15 is 0 Å². The van der Waals surface area contributed by atoms with Crippen LogP contribution in [0.1, 0.15) is 49.2 Å². The van der Waals surface area contributed by atoms with E-state index < -0.39 is 18.3 Å². The van der Waals surface area contributed by atoms with Crippen molar-refractivity contribution in [1.82, 2.24) is 0 Å². The van der Waals surface area contributed by atoms with Crippen LogP contribution in [0.5, 0.6) is 0 Å². The molecular weight excluding hydrogens is 281 g/mol. The molecule has 0 saturated carbocycles. The number of hydrogen-bond donors (Lipinski definition) is 0. The molecule has 1 aromatic rings. The highest BCUT2D eigenvalue weighted by atomic mass is 16.7. The van der Waals surface area contributed by atoms with Gasteiger partial charge in [-0.2, -0.15) is 0 Å². The van der Waals surface area contributed by atoms with Crippen LogP contribution in [-0.4, -0.2) is 24.6 Å². The van der Waals surface area contributed by atoms with Gasteiger partial charge in [0.05, 0.1) is 11.2 Å². The van der Waals surface area contributed by atoms with E-state index in [0.29, 0.717) is 23.1 Å². The molecule has 1 aliphatic heterocycles. The second kappa shape index (κ2) is 5.76. The van der Waals surface area contributed by atoms with E-state index in [-0.39, 0.29) is 0 Å². The van der Waals surface area contributed by atoms with Crippen molar-refractivity contribution in [1.29, 1.82) is 0 Å². The van der Waals surface area contributed by atoms with Crippen LogP contribution in [0.3, 0.4) is 0 Å². The van der Waals surface area contributed by atoms with Gasteiger partial charge in [0, 0.05) is 22.5 Å². The number of hydrogen-bond acceptors (Lipinski definition) is 4. The number of azide groups is 1. The van der Waals surface area contributed by atoms with Crippen LogP contribution in [0.15, 0.2) is 17.2 Å². The molecule has 1 aromatic carbocycles. The van der Waals surface area contributed by atoms with Crippen LogP contribution in [-0.2, 0) is 15.6 Å². The molecule has 0 N–H and O–H groups in total. The Morgan fingerprint density at radius 3 is 2.36 bits per heavy atom. The van der Waals surface area contributed by atoms with Gasteiger partial charge in [-0.15, -0.1) is 0 Å². The first-order chi connectivity index (χ1) is 10.2. The number of nitrogens with zero attached hydrogens (tertiary/aromatic N) is 3.